The van der Waals surface area contributed by atoms with E-state index in [1.807, 2.05) is 0 Å². The van der Waals surface area contributed by atoms with E-state index in [1.165, 1.54) is 24.9 Å². The Hall–Kier alpha value is -2.44. The number of anilines is 1. The SMILES string of the molecule is CC(CN(C)C(=O)c1cc2c(cc1F)NC(=O)CC2)C(=O)O. The Labute approximate surface area is 126 Å². The number of rotatable bonds is 4. The first-order valence-corrected chi connectivity index (χ1v) is 6.90. The molecule has 0 bridgehead atoms. The maximum atomic E-state index is 14.1. The van der Waals surface area contributed by atoms with Gasteiger partial charge in [0.2, 0.25) is 5.91 Å². The maximum absolute atomic E-state index is 14.1. The van der Waals surface area contributed by atoms with E-state index in [0.717, 1.165) is 6.07 Å². The summed E-state index contributed by atoms with van der Waals surface area (Å²) >= 11 is 0. The molecule has 1 aromatic rings. The van der Waals surface area contributed by atoms with Crippen molar-refractivity contribution in [1.29, 1.82) is 0 Å². The molecule has 1 heterocycles. The summed E-state index contributed by atoms with van der Waals surface area (Å²) in [4.78, 5) is 35.6. The minimum absolute atomic E-state index is 0.0125. The highest BCUT2D eigenvalue weighted by atomic mass is 19.1. The molecule has 22 heavy (non-hydrogen) atoms. The number of hydrogen-bond donors (Lipinski definition) is 2. The van der Waals surface area contributed by atoms with Gasteiger partial charge in [-0.15, -0.1) is 0 Å². The molecule has 1 aliphatic heterocycles. The summed E-state index contributed by atoms with van der Waals surface area (Å²) in [5.74, 6) is -3.26. The molecule has 1 unspecified atom stereocenters. The summed E-state index contributed by atoms with van der Waals surface area (Å²) in [6.07, 6.45) is 0.731. The van der Waals surface area contributed by atoms with Crippen molar-refractivity contribution in [3.8, 4) is 0 Å². The second-order valence-electron chi connectivity index (χ2n) is 5.46. The van der Waals surface area contributed by atoms with Crippen LogP contribution in [0.1, 0.15) is 29.3 Å². The van der Waals surface area contributed by atoms with Gasteiger partial charge < -0.3 is 15.3 Å². The molecule has 1 aliphatic rings. The van der Waals surface area contributed by atoms with Crippen LogP contribution in [0.4, 0.5) is 10.1 Å². The number of aliphatic carboxylic acids is 1. The molecule has 0 saturated carbocycles. The van der Waals surface area contributed by atoms with Gasteiger partial charge in [-0.2, -0.15) is 0 Å². The second kappa shape index (κ2) is 6.13. The molecule has 0 aliphatic carbocycles. The molecule has 2 amide bonds. The number of amides is 2. The standard InChI is InChI=1S/C15H17FN2O4/c1-8(15(21)22)7-18(2)14(20)10-5-9-3-4-13(19)17-12(9)6-11(10)16/h5-6,8H,3-4,7H2,1-2H3,(H,17,19)(H,21,22). The first kappa shape index (κ1) is 15.9. The third kappa shape index (κ3) is 3.24. The van der Waals surface area contributed by atoms with Crippen molar-refractivity contribution >= 4 is 23.5 Å². The molecule has 2 N–H and O–H groups in total. The lowest BCUT2D eigenvalue weighted by molar-refractivity contribution is -0.141. The quantitative estimate of drug-likeness (QED) is 0.882. The zero-order valence-corrected chi connectivity index (χ0v) is 12.4. The van der Waals surface area contributed by atoms with Gasteiger partial charge in [0.25, 0.3) is 5.91 Å². The number of fused-ring (bicyclic) bond motifs is 1. The van der Waals surface area contributed by atoms with Crippen LogP contribution in [-0.4, -0.2) is 41.4 Å². The Kier molecular flexibility index (Phi) is 4.44. The highest BCUT2D eigenvalue weighted by Crippen LogP contribution is 2.26. The molecule has 1 aromatic carbocycles. The van der Waals surface area contributed by atoms with Gasteiger partial charge in [0, 0.05) is 25.7 Å². The molecule has 0 radical (unpaired) electrons. The monoisotopic (exact) mass is 308 g/mol. The molecule has 0 fully saturated rings. The average Bonchev–Trinajstić information content (AvgIpc) is 2.45. The van der Waals surface area contributed by atoms with E-state index in [2.05, 4.69) is 5.32 Å². The van der Waals surface area contributed by atoms with Crippen LogP contribution in [0.5, 0.6) is 0 Å². The van der Waals surface area contributed by atoms with Gasteiger partial charge in [0.1, 0.15) is 5.82 Å². The van der Waals surface area contributed by atoms with Crippen LogP contribution in [-0.2, 0) is 16.0 Å². The molecule has 2 rings (SSSR count). The van der Waals surface area contributed by atoms with Crippen LogP contribution in [0, 0.1) is 11.7 Å². The molecular formula is C15H17FN2O4. The zero-order chi connectivity index (χ0) is 16.4. The summed E-state index contributed by atoms with van der Waals surface area (Å²) in [6, 6.07) is 2.56. The molecule has 0 aromatic heterocycles. The Morgan fingerprint density at radius 3 is 2.73 bits per heavy atom. The largest absolute Gasteiger partial charge is 0.481 e. The van der Waals surface area contributed by atoms with Crippen molar-refractivity contribution < 1.29 is 23.9 Å². The number of nitrogens with one attached hydrogen (secondary N) is 1. The number of halogens is 1. The minimum Gasteiger partial charge on any atom is -0.481 e. The predicted octanol–water partition coefficient (Wildman–Crippen LogP) is 1.50. The van der Waals surface area contributed by atoms with Gasteiger partial charge in [-0.1, -0.05) is 6.92 Å². The molecular weight excluding hydrogens is 291 g/mol. The van der Waals surface area contributed by atoms with Crippen LogP contribution in [0.25, 0.3) is 0 Å². The summed E-state index contributed by atoms with van der Waals surface area (Å²) < 4.78 is 14.1. The van der Waals surface area contributed by atoms with Crippen LogP contribution in [0.2, 0.25) is 0 Å². The van der Waals surface area contributed by atoms with Gasteiger partial charge in [-0.25, -0.2) is 4.39 Å². The number of carbonyl (C=O) groups excluding carboxylic acids is 2. The zero-order valence-electron chi connectivity index (χ0n) is 12.4. The third-order valence-electron chi connectivity index (χ3n) is 3.63. The van der Waals surface area contributed by atoms with E-state index in [1.54, 1.807) is 0 Å². The molecule has 6 nitrogen and oxygen atoms in total. The lowest BCUT2D eigenvalue weighted by Crippen LogP contribution is -2.34. The second-order valence-corrected chi connectivity index (χ2v) is 5.46. The number of hydrogen-bond acceptors (Lipinski definition) is 3. The van der Waals surface area contributed by atoms with E-state index < -0.39 is 23.6 Å². The number of carboxylic acids is 1. The van der Waals surface area contributed by atoms with Gasteiger partial charge >= 0.3 is 5.97 Å². The van der Waals surface area contributed by atoms with Gasteiger partial charge in [0.05, 0.1) is 11.5 Å². The molecule has 0 spiro atoms. The fraction of sp³-hybridized carbons (Fsp3) is 0.400. The predicted molar refractivity (Wildman–Crippen MR) is 77.1 cm³/mol. The normalized spacial score (nSPS) is 14.8. The van der Waals surface area contributed by atoms with E-state index in [-0.39, 0.29) is 24.4 Å². The highest BCUT2D eigenvalue weighted by Gasteiger charge is 2.24. The van der Waals surface area contributed by atoms with Crippen LogP contribution < -0.4 is 5.32 Å². The van der Waals surface area contributed by atoms with Crippen molar-refractivity contribution in [3.63, 3.8) is 0 Å². The molecule has 1 atom stereocenters. The highest BCUT2D eigenvalue weighted by molar-refractivity contribution is 5.98. The molecule has 7 heteroatoms. The van der Waals surface area contributed by atoms with E-state index in [0.29, 0.717) is 17.7 Å². The Bertz CT molecular complexity index is 645. The van der Waals surface area contributed by atoms with Crippen molar-refractivity contribution in [1.82, 2.24) is 4.90 Å². The van der Waals surface area contributed by atoms with Crippen molar-refractivity contribution in [3.05, 3.63) is 29.1 Å². The molecule has 118 valence electrons. The average molecular weight is 308 g/mol. The Balaban J connectivity index is 2.23. The van der Waals surface area contributed by atoms with Gasteiger partial charge in [-0.05, 0) is 24.1 Å². The number of nitrogens with zero attached hydrogens (tertiary/aromatic N) is 1. The fourth-order valence-electron chi connectivity index (χ4n) is 2.34. The first-order valence-electron chi connectivity index (χ1n) is 6.90. The van der Waals surface area contributed by atoms with Crippen LogP contribution in [0.3, 0.4) is 0 Å². The first-order chi connectivity index (χ1) is 10.3. The topological polar surface area (TPSA) is 86.7 Å². The number of carboxylic acid groups (broad SMARTS) is 1. The number of carbonyl (C=O) groups is 3. The Morgan fingerprint density at radius 1 is 1.41 bits per heavy atom. The van der Waals surface area contributed by atoms with Crippen molar-refractivity contribution in [2.45, 2.75) is 19.8 Å². The molecule has 0 saturated heterocycles. The van der Waals surface area contributed by atoms with Crippen LogP contribution >= 0.6 is 0 Å². The fourth-order valence-corrected chi connectivity index (χ4v) is 2.34. The minimum atomic E-state index is -1.02. The summed E-state index contributed by atoms with van der Waals surface area (Å²) in [6.45, 7) is 1.46. The van der Waals surface area contributed by atoms with Crippen molar-refractivity contribution in [2.75, 3.05) is 18.9 Å². The summed E-state index contributed by atoms with van der Waals surface area (Å²) in [5, 5.41) is 11.4. The smallest absolute Gasteiger partial charge is 0.308 e. The van der Waals surface area contributed by atoms with Crippen molar-refractivity contribution in [2.24, 2.45) is 5.92 Å². The van der Waals surface area contributed by atoms with Gasteiger partial charge in [-0.3, -0.25) is 14.4 Å². The van der Waals surface area contributed by atoms with Crippen LogP contribution in [0.15, 0.2) is 12.1 Å². The van der Waals surface area contributed by atoms with E-state index in [4.69, 9.17) is 5.11 Å². The third-order valence-corrected chi connectivity index (χ3v) is 3.63. The number of aryl methyl sites for hydroxylation is 1. The lowest BCUT2D eigenvalue weighted by atomic mass is 9.99. The summed E-state index contributed by atoms with van der Waals surface area (Å²) in [7, 11) is 1.43. The van der Waals surface area contributed by atoms with Gasteiger partial charge in [0.15, 0.2) is 0 Å². The summed E-state index contributed by atoms with van der Waals surface area (Å²) in [5.41, 5.74) is 0.964. The van der Waals surface area contributed by atoms with E-state index >= 15 is 0 Å². The lowest BCUT2D eigenvalue weighted by Gasteiger charge is -2.22. The number of benzene rings is 1. The van der Waals surface area contributed by atoms with E-state index in [9.17, 15) is 18.8 Å². The Morgan fingerprint density at radius 2 is 2.09 bits per heavy atom. The maximum Gasteiger partial charge on any atom is 0.308 e.